The third kappa shape index (κ3) is 3.57. The molecule has 2 N–H and O–H groups in total. The van der Waals surface area contributed by atoms with Crippen molar-refractivity contribution in [3.63, 3.8) is 0 Å². The van der Waals surface area contributed by atoms with Gasteiger partial charge in [-0.1, -0.05) is 12.1 Å². The third-order valence-corrected chi connectivity index (χ3v) is 3.79. The number of amides is 1. The van der Waals surface area contributed by atoms with E-state index >= 15 is 0 Å². The van der Waals surface area contributed by atoms with Crippen molar-refractivity contribution in [2.24, 2.45) is 0 Å². The highest BCUT2D eigenvalue weighted by molar-refractivity contribution is 6.04. The van der Waals surface area contributed by atoms with E-state index in [0.29, 0.717) is 22.4 Å². The van der Waals surface area contributed by atoms with Crippen molar-refractivity contribution in [3.05, 3.63) is 83.4 Å². The molecule has 26 heavy (non-hydrogen) atoms. The second-order valence-corrected chi connectivity index (χ2v) is 5.48. The molecule has 1 aromatic heterocycles. The van der Waals surface area contributed by atoms with Crippen LogP contribution in [0.5, 0.6) is 0 Å². The van der Waals surface area contributed by atoms with Crippen molar-refractivity contribution >= 4 is 11.6 Å². The predicted octanol–water partition coefficient (Wildman–Crippen LogP) is 3.91. The summed E-state index contributed by atoms with van der Waals surface area (Å²) in [4.78, 5) is 16.2. The van der Waals surface area contributed by atoms with Gasteiger partial charge in [0.05, 0.1) is 18.5 Å². The Morgan fingerprint density at radius 1 is 1.00 bits per heavy atom. The minimum atomic E-state index is -1.53. The van der Waals surface area contributed by atoms with Gasteiger partial charge in [0.25, 0.3) is 5.91 Å². The molecule has 2 aromatic carbocycles. The van der Waals surface area contributed by atoms with Crippen LogP contribution >= 0.6 is 0 Å². The maximum absolute atomic E-state index is 13.3. The number of halogens is 3. The smallest absolute Gasteiger partial charge is 0.255 e. The minimum Gasteiger partial charge on any atom is -0.392 e. The maximum Gasteiger partial charge on any atom is 0.255 e. The molecule has 132 valence electrons. The summed E-state index contributed by atoms with van der Waals surface area (Å²) in [6, 6.07) is 9.29. The Labute approximate surface area is 146 Å². The summed E-state index contributed by atoms with van der Waals surface area (Å²) in [5, 5.41) is 11.9. The van der Waals surface area contributed by atoms with Gasteiger partial charge in [0.2, 0.25) is 0 Å². The number of benzene rings is 2. The Balaban J connectivity index is 1.82. The van der Waals surface area contributed by atoms with Crippen LogP contribution in [0.4, 0.5) is 18.9 Å². The molecule has 0 spiro atoms. The van der Waals surface area contributed by atoms with Gasteiger partial charge < -0.3 is 10.4 Å². The Morgan fingerprint density at radius 3 is 2.27 bits per heavy atom. The van der Waals surface area contributed by atoms with Crippen LogP contribution in [-0.2, 0) is 6.61 Å². The zero-order chi connectivity index (χ0) is 18.7. The highest BCUT2D eigenvalue weighted by atomic mass is 19.2. The molecule has 0 saturated heterocycles. The molecule has 0 aliphatic heterocycles. The summed E-state index contributed by atoms with van der Waals surface area (Å²) in [6.45, 7) is -0.251. The van der Waals surface area contributed by atoms with Gasteiger partial charge >= 0.3 is 0 Å². The molecular weight excluding hydrogens is 345 g/mol. The normalized spacial score (nSPS) is 10.6. The molecule has 1 amide bonds. The number of aliphatic hydroxyl groups excluding tert-OH is 1. The monoisotopic (exact) mass is 358 g/mol. The van der Waals surface area contributed by atoms with Gasteiger partial charge in [-0.15, -0.1) is 0 Å². The quantitative estimate of drug-likeness (QED) is 0.695. The standard InChI is InChI=1S/C19H13F3N2O2/c20-15-7-14(8-16(21)18(15)22)11-1-3-12(4-2-11)19(26)24-17-9-23-6-5-13(17)10-25/h1-9,25H,10H2,(H,24,26). The summed E-state index contributed by atoms with van der Waals surface area (Å²) in [5.74, 6) is -4.53. The molecule has 7 heteroatoms. The number of carbonyl (C=O) groups is 1. The van der Waals surface area contributed by atoms with Crippen molar-refractivity contribution in [2.45, 2.75) is 6.61 Å². The summed E-state index contributed by atoms with van der Waals surface area (Å²) >= 11 is 0. The topological polar surface area (TPSA) is 62.2 Å². The van der Waals surface area contributed by atoms with Gasteiger partial charge in [-0.05, 0) is 41.5 Å². The van der Waals surface area contributed by atoms with Crippen LogP contribution in [-0.4, -0.2) is 16.0 Å². The maximum atomic E-state index is 13.3. The number of rotatable bonds is 4. The molecule has 0 radical (unpaired) electrons. The third-order valence-electron chi connectivity index (χ3n) is 3.79. The number of carbonyl (C=O) groups excluding carboxylic acids is 1. The van der Waals surface area contributed by atoms with Gasteiger partial charge in [0, 0.05) is 17.3 Å². The molecule has 3 aromatic rings. The highest BCUT2D eigenvalue weighted by Crippen LogP contribution is 2.24. The first-order chi connectivity index (χ1) is 12.5. The zero-order valence-corrected chi connectivity index (χ0v) is 13.3. The number of aromatic nitrogens is 1. The predicted molar refractivity (Wildman–Crippen MR) is 89.9 cm³/mol. The summed E-state index contributed by atoms with van der Waals surface area (Å²) in [6.07, 6.45) is 2.92. The summed E-state index contributed by atoms with van der Waals surface area (Å²) < 4.78 is 39.7. The van der Waals surface area contributed by atoms with Crippen LogP contribution < -0.4 is 5.32 Å². The van der Waals surface area contributed by atoms with E-state index in [1.54, 1.807) is 6.07 Å². The molecule has 3 rings (SSSR count). The van der Waals surface area contributed by atoms with E-state index < -0.39 is 23.4 Å². The fourth-order valence-electron chi connectivity index (χ4n) is 2.40. The van der Waals surface area contributed by atoms with E-state index in [4.69, 9.17) is 0 Å². The van der Waals surface area contributed by atoms with Crippen LogP contribution in [0.15, 0.2) is 54.9 Å². The number of aliphatic hydroxyl groups is 1. The molecule has 0 fully saturated rings. The fourth-order valence-corrected chi connectivity index (χ4v) is 2.40. The van der Waals surface area contributed by atoms with Gasteiger partial charge in [0.1, 0.15) is 0 Å². The lowest BCUT2D eigenvalue weighted by molar-refractivity contribution is 0.102. The first-order valence-electron chi connectivity index (χ1n) is 7.59. The second-order valence-electron chi connectivity index (χ2n) is 5.48. The lowest BCUT2D eigenvalue weighted by Crippen LogP contribution is -2.13. The molecular formula is C19H13F3N2O2. The lowest BCUT2D eigenvalue weighted by atomic mass is 10.0. The van der Waals surface area contributed by atoms with Crippen LogP contribution in [0.25, 0.3) is 11.1 Å². The molecule has 0 aliphatic carbocycles. The van der Waals surface area contributed by atoms with Gasteiger partial charge in [-0.25, -0.2) is 13.2 Å². The number of nitrogens with zero attached hydrogens (tertiary/aromatic N) is 1. The number of pyridine rings is 1. The molecule has 0 bridgehead atoms. The van der Waals surface area contributed by atoms with Crippen molar-refractivity contribution < 1.29 is 23.1 Å². The minimum absolute atomic E-state index is 0.156. The largest absolute Gasteiger partial charge is 0.392 e. The number of nitrogens with one attached hydrogen (secondary N) is 1. The van der Waals surface area contributed by atoms with E-state index in [1.807, 2.05) is 0 Å². The van der Waals surface area contributed by atoms with E-state index in [0.717, 1.165) is 12.1 Å². The van der Waals surface area contributed by atoms with Crippen molar-refractivity contribution in [3.8, 4) is 11.1 Å². The van der Waals surface area contributed by atoms with Gasteiger partial charge in [-0.2, -0.15) is 0 Å². The second kappa shape index (κ2) is 7.37. The van der Waals surface area contributed by atoms with Crippen molar-refractivity contribution in [1.29, 1.82) is 0 Å². The van der Waals surface area contributed by atoms with Crippen molar-refractivity contribution in [1.82, 2.24) is 4.98 Å². The van der Waals surface area contributed by atoms with Crippen molar-refractivity contribution in [2.75, 3.05) is 5.32 Å². The summed E-state index contributed by atoms with van der Waals surface area (Å²) in [7, 11) is 0. The Bertz CT molecular complexity index is 936. The van der Waals surface area contributed by atoms with Gasteiger partial charge in [0.15, 0.2) is 17.5 Å². The molecule has 1 heterocycles. The molecule has 0 aliphatic rings. The number of hydrogen-bond donors (Lipinski definition) is 2. The van der Waals surface area contributed by atoms with E-state index in [2.05, 4.69) is 10.3 Å². The lowest BCUT2D eigenvalue weighted by Gasteiger charge is -2.09. The first kappa shape index (κ1) is 17.6. The Kier molecular flexibility index (Phi) is 4.99. The highest BCUT2D eigenvalue weighted by Gasteiger charge is 2.13. The molecule has 0 saturated carbocycles. The van der Waals surface area contributed by atoms with Gasteiger partial charge in [-0.3, -0.25) is 9.78 Å². The summed E-state index contributed by atoms with van der Waals surface area (Å²) in [5.41, 5.74) is 1.78. The average Bonchev–Trinajstić information content (AvgIpc) is 2.66. The Morgan fingerprint density at radius 2 is 1.65 bits per heavy atom. The average molecular weight is 358 g/mol. The van der Waals surface area contributed by atoms with E-state index in [9.17, 15) is 23.1 Å². The van der Waals surface area contributed by atoms with Crippen LogP contribution in [0.2, 0.25) is 0 Å². The SMILES string of the molecule is O=C(Nc1cnccc1CO)c1ccc(-c2cc(F)c(F)c(F)c2)cc1. The number of anilines is 1. The van der Waals surface area contributed by atoms with Crippen LogP contribution in [0.3, 0.4) is 0 Å². The van der Waals surface area contributed by atoms with Crippen LogP contribution in [0.1, 0.15) is 15.9 Å². The van der Waals surface area contributed by atoms with Crippen LogP contribution in [0, 0.1) is 17.5 Å². The first-order valence-corrected chi connectivity index (χ1v) is 7.59. The fraction of sp³-hybridized carbons (Fsp3) is 0.0526. The molecule has 4 nitrogen and oxygen atoms in total. The van der Waals surface area contributed by atoms with E-state index in [-0.39, 0.29) is 12.2 Å². The molecule has 0 unspecified atom stereocenters. The zero-order valence-electron chi connectivity index (χ0n) is 13.3. The Hall–Kier alpha value is -3.19. The molecule has 0 atom stereocenters. The number of hydrogen-bond acceptors (Lipinski definition) is 3. The van der Waals surface area contributed by atoms with E-state index in [1.165, 1.54) is 36.7 Å².